The summed E-state index contributed by atoms with van der Waals surface area (Å²) in [5.41, 5.74) is 1.71. The number of carbonyl (C=O) groups is 2. The predicted octanol–water partition coefficient (Wildman–Crippen LogP) is 3.22. The van der Waals surface area contributed by atoms with Gasteiger partial charge in [0.2, 0.25) is 0 Å². The summed E-state index contributed by atoms with van der Waals surface area (Å²) in [7, 11) is 1.59. The van der Waals surface area contributed by atoms with Gasteiger partial charge in [0, 0.05) is 24.9 Å². The smallest absolute Gasteiger partial charge is 0.259 e. The van der Waals surface area contributed by atoms with E-state index in [1.807, 2.05) is 0 Å². The maximum absolute atomic E-state index is 13.0. The van der Waals surface area contributed by atoms with Crippen molar-refractivity contribution in [1.29, 1.82) is 0 Å². The van der Waals surface area contributed by atoms with Gasteiger partial charge >= 0.3 is 0 Å². The van der Waals surface area contributed by atoms with Crippen molar-refractivity contribution in [3.05, 3.63) is 59.1 Å². The number of hydrogen-bond acceptors (Lipinski definition) is 6. The average molecular weight is 356 g/mol. The van der Waals surface area contributed by atoms with Crippen LogP contribution in [0.4, 0.5) is 9.52 Å². The lowest BCUT2D eigenvalue weighted by molar-refractivity contribution is 0.0989. The fourth-order valence-corrected chi connectivity index (χ4v) is 2.88. The molecule has 0 fully saturated rings. The Bertz CT molecular complexity index is 940. The number of hydrogen-bond donors (Lipinski definition) is 0. The molecule has 1 amide bonds. The van der Waals surface area contributed by atoms with Gasteiger partial charge < -0.3 is 0 Å². The highest BCUT2D eigenvalue weighted by Gasteiger charge is 2.18. The van der Waals surface area contributed by atoms with Crippen LogP contribution in [-0.2, 0) is 0 Å². The Labute approximate surface area is 147 Å². The molecule has 3 rings (SSSR count). The Morgan fingerprint density at radius 3 is 2.52 bits per heavy atom. The second-order valence-electron chi connectivity index (χ2n) is 5.23. The first-order chi connectivity index (χ1) is 12.0. The fraction of sp³-hybridized carbons (Fsp3) is 0.118. The number of nitrogens with zero attached hydrogens (tertiary/aromatic N) is 4. The Balaban J connectivity index is 1.85. The van der Waals surface area contributed by atoms with Crippen molar-refractivity contribution in [3.63, 3.8) is 0 Å². The number of rotatable bonds is 4. The van der Waals surface area contributed by atoms with E-state index in [4.69, 9.17) is 0 Å². The monoisotopic (exact) mass is 356 g/mol. The van der Waals surface area contributed by atoms with Gasteiger partial charge in [-0.2, -0.15) is 0 Å². The van der Waals surface area contributed by atoms with Gasteiger partial charge in [0.25, 0.3) is 5.91 Å². The Kier molecular flexibility index (Phi) is 4.62. The second-order valence-corrected chi connectivity index (χ2v) is 6.07. The number of Topliss-reactive ketones (excluding diaryl/α,β-unsaturated/α-hetero) is 1. The van der Waals surface area contributed by atoms with Gasteiger partial charge in [0.1, 0.15) is 23.5 Å². The molecule has 0 saturated heterocycles. The molecule has 25 heavy (non-hydrogen) atoms. The molecule has 1 aromatic carbocycles. The minimum absolute atomic E-state index is 0.164. The van der Waals surface area contributed by atoms with Crippen LogP contribution < -0.4 is 4.90 Å². The highest BCUT2D eigenvalue weighted by molar-refractivity contribution is 7.14. The van der Waals surface area contributed by atoms with E-state index in [1.165, 1.54) is 53.8 Å². The van der Waals surface area contributed by atoms with Gasteiger partial charge in [0.05, 0.1) is 5.69 Å². The third kappa shape index (κ3) is 3.58. The van der Waals surface area contributed by atoms with Gasteiger partial charge in [-0.3, -0.25) is 14.5 Å². The van der Waals surface area contributed by atoms with E-state index in [0.717, 1.165) is 0 Å². The number of thiazole rings is 1. The zero-order valence-electron chi connectivity index (χ0n) is 13.4. The van der Waals surface area contributed by atoms with E-state index < -0.39 is 5.82 Å². The number of carbonyl (C=O) groups excluding carboxylic acids is 2. The quantitative estimate of drug-likeness (QED) is 0.671. The molecule has 2 aromatic heterocycles. The van der Waals surface area contributed by atoms with Crippen molar-refractivity contribution >= 4 is 28.2 Å². The third-order valence-corrected chi connectivity index (χ3v) is 4.38. The maximum Gasteiger partial charge on any atom is 0.259 e. The van der Waals surface area contributed by atoms with Gasteiger partial charge in [-0.15, -0.1) is 11.3 Å². The molecule has 2 heterocycles. The zero-order chi connectivity index (χ0) is 18.0. The van der Waals surface area contributed by atoms with Crippen LogP contribution in [0.5, 0.6) is 0 Å². The molecular formula is C17H13FN4O2S. The number of anilines is 1. The summed E-state index contributed by atoms with van der Waals surface area (Å²) in [5.74, 6) is -0.864. The number of aromatic nitrogens is 3. The van der Waals surface area contributed by atoms with E-state index in [9.17, 15) is 14.0 Å². The van der Waals surface area contributed by atoms with E-state index in [0.29, 0.717) is 27.8 Å². The Hall–Kier alpha value is -3.00. The minimum Gasteiger partial charge on any atom is -0.293 e. The molecule has 8 heteroatoms. The van der Waals surface area contributed by atoms with Crippen molar-refractivity contribution in [2.24, 2.45) is 0 Å². The normalized spacial score (nSPS) is 10.5. The highest BCUT2D eigenvalue weighted by atomic mass is 32.1. The third-order valence-electron chi connectivity index (χ3n) is 3.47. The lowest BCUT2D eigenvalue weighted by atomic mass is 10.2. The summed E-state index contributed by atoms with van der Waals surface area (Å²) in [4.78, 5) is 37.7. The lowest BCUT2D eigenvalue weighted by Crippen LogP contribution is -2.26. The molecule has 0 radical (unpaired) electrons. The van der Waals surface area contributed by atoms with E-state index in [2.05, 4.69) is 15.0 Å². The molecule has 0 aliphatic carbocycles. The molecule has 0 atom stereocenters. The second kappa shape index (κ2) is 6.86. The molecular weight excluding hydrogens is 343 g/mol. The molecule has 0 unspecified atom stereocenters. The number of ketones is 1. The first-order valence-electron chi connectivity index (χ1n) is 7.28. The molecule has 0 bridgehead atoms. The predicted molar refractivity (Wildman–Crippen MR) is 92.3 cm³/mol. The summed E-state index contributed by atoms with van der Waals surface area (Å²) in [6.45, 7) is 1.42. The van der Waals surface area contributed by atoms with Crippen LogP contribution in [0.25, 0.3) is 11.4 Å². The van der Waals surface area contributed by atoms with E-state index in [1.54, 1.807) is 18.5 Å². The van der Waals surface area contributed by atoms with Crippen molar-refractivity contribution < 1.29 is 14.0 Å². The number of halogens is 1. The standard InChI is InChI=1S/C17H13FN4O2S/c1-10(23)13-7-14(20-9-19-13)15-8-25-17(21-15)22(2)16(24)11-3-5-12(18)6-4-11/h3-9H,1-2H3. The van der Waals surface area contributed by atoms with Crippen LogP contribution in [0.1, 0.15) is 27.8 Å². The van der Waals surface area contributed by atoms with Crippen LogP contribution in [0, 0.1) is 5.82 Å². The summed E-state index contributed by atoms with van der Waals surface area (Å²) >= 11 is 1.27. The molecule has 0 aliphatic heterocycles. The van der Waals surface area contributed by atoms with Crippen molar-refractivity contribution in [2.75, 3.05) is 11.9 Å². The van der Waals surface area contributed by atoms with Crippen molar-refractivity contribution in [1.82, 2.24) is 15.0 Å². The molecule has 6 nitrogen and oxygen atoms in total. The van der Waals surface area contributed by atoms with E-state index in [-0.39, 0.29) is 11.7 Å². The molecule has 0 aliphatic rings. The maximum atomic E-state index is 13.0. The lowest BCUT2D eigenvalue weighted by Gasteiger charge is -2.13. The van der Waals surface area contributed by atoms with Crippen molar-refractivity contribution in [3.8, 4) is 11.4 Å². The summed E-state index contributed by atoms with van der Waals surface area (Å²) in [6.07, 6.45) is 1.30. The van der Waals surface area contributed by atoms with Gasteiger partial charge in [-0.25, -0.2) is 19.3 Å². The largest absolute Gasteiger partial charge is 0.293 e. The SMILES string of the molecule is CC(=O)c1cc(-c2csc(N(C)C(=O)c3ccc(F)cc3)n2)ncn1. The molecule has 0 saturated carbocycles. The number of amides is 1. The van der Waals surface area contributed by atoms with Crippen molar-refractivity contribution in [2.45, 2.75) is 6.92 Å². The van der Waals surface area contributed by atoms with Gasteiger partial charge in [-0.05, 0) is 30.3 Å². The molecule has 0 spiro atoms. The van der Waals surface area contributed by atoms with Crippen LogP contribution in [-0.4, -0.2) is 33.7 Å². The van der Waals surface area contributed by atoms with Gasteiger partial charge in [-0.1, -0.05) is 0 Å². The topological polar surface area (TPSA) is 76.1 Å². The van der Waals surface area contributed by atoms with Crippen LogP contribution in [0.15, 0.2) is 42.0 Å². The van der Waals surface area contributed by atoms with Crippen LogP contribution in [0.2, 0.25) is 0 Å². The molecule has 3 aromatic rings. The number of benzene rings is 1. The van der Waals surface area contributed by atoms with Gasteiger partial charge in [0.15, 0.2) is 10.9 Å². The first-order valence-corrected chi connectivity index (χ1v) is 8.16. The average Bonchev–Trinajstić information content (AvgIpc) is 3.11. The minimum atomic E-state index is -0.402. The Morgan fingerprint density at radius 1 is 1.12 bits per heavy atom. The summed E-state index contributed by atoms with van der Waals surface area (Å²) < 4.78 is 13.0. The highest BCUT2D eigenvalue weighted by Crippen LogP contribution is 2.26. The zero-order valence-corrected chi connectivity index (χ0v) is 14.2. The Morgan fingerprint density at radius 2 is 1.84 bits per heavy atom. The fourth-order valence-electron chi connectivity index (χ4n) is 2.10. The molecule has 0 N–H and O–H groups in total. The summed E-state index contributed by atoms with van der Waals surface area (Å²) in [5, 5.41) is 2.21. The summed E-state index contributed by atoms with van der Waals surface area (Å²) in [6, 6.07) is 6.87. The molecule has 126 valence electrons. The van der Waals surface area contributed by atoms with Crippen LogP contribution in [0.3, 0.4) is 0 Å². The first kappa shape index (κ1) is 16.8. The van der Waals surface area contributed by atoms with E-state index >= 15 is 0 Å². The van der Waals surface area contributed by atoms with Crippen LogP contribution >= 0.6 is 11.3 Å².